The molecule has 2 rings (SSSR count). The smallest absolute Gasteiger partial charge is 0.317 e. The van der Waals surface area contributed by atoms with E-state index in [1.165, 1.54) is 38.8 Å². The Kier molecular flexibility index (Phi) is 6.14. The summed E-state index contributed by atoms with van der Waals surface area (Å²) in [4.78, 5) is 16.7. The largest absolute Gasteiger partial charge is 0.337 e. The van der Waals surface area contributed by atoms with Crippen molar-refractivity contribution in [2.75, 3.05) is 39.3 Å². The predicted molar refractivity (Wildman–Crippen MR) is 82.8 cm³/mol. The first kappa shape index (κ1) is 15.6. The molecule has 0 bridgehead atoms. The molecule has 2 aliphatic rings. The molecule has 4 nitrogen and oxygen atoms in total. The number of hydrogen-bond donors (Lipinski definition) is 1. The molecule has 0 radical (unpaired) electrons. The summed E-state index contributed by atoms with van der Waals surface area (Å²) in [7, 11) is 0. The van der Waals surface area contributed by atoms with E-state index >= 15 is 0 Å². The number of amides is 2. The van der Waals surface area contributed by atoms with Crippen molar-refractivity contribution in [2.45, 2.75) is 46.0 Å². The molecular weight excluding hydrogens is 250 g/mol. The van der Waals surface area contributed by atoms with Gasteiger partial charge in [0.1, 0.15) is 0 Å². The summed E-state index contributed by atoms with van der Waals surface area (Å²) in [5.41, 5.74) is 0. The van der Waals surface area contributed by atoms with Gasteiger partial charge in [-0.15, -0.1) is 0 Å². The third kappa shape index (κ3) is 5.31. The van der Waals surface area contributed by atoms with Gasteiger partial charge in [-0.3, -0.25) is 0 Å². The first-order valence-electron chi connectivity index (χ1n) is 8.44. The van der Waals surface area contributed by atoms with Crippen LogP contribution in [0.5, 0.6) is 0 Å². The van der Waals surface area contributed by atoms with Crippen LogP contribution in [0.3, 0.4) is 0 Å². The lowest BCUT2D eigenvalue weighted by Gasteiger charge is -2.31. The van der Waals surface area contributed by atoms with Gasteiger partial charge in [0.05, 0.1) is 0 Å². The van der Waals surface area contributed by atoms with Crippen LogP contribution in [0.2, 0.25) is 0 Å². The molecule has 1 aliphatic carbocycles. The van der Waals surface area contributed by atoms with E-state index in [0.29, 0.717) is 0 Å². The minimum Gasteiger partial charge on any atom is -0.337 e. The topological polar surface area (TPSA) is 35.6 Å². The van der Waals surface area contributed by atoms with Gasteiger partial charge in [-0.2, -0.15) is 0 Å². The molecule has 20 heavy (non-hydrogen) atoms. The average Bonchev–Trinajstić information content (AvgIpc) is 3.22. The highest BCUT2D eigenvalue weighted by atomic mass is 16.2. The van der Waals surface area contributed by atoms with Gasteiger partial charge in [0.25, 0.3) is 0 Å². The minimum absolute atomic E-state index is 0.142. The highest BCUT2D eigenvalue weighted by Gasteiger charge is 2.26. The first-order valence-corrected chi connectivity index (χ1v) is 8.44. The molecule has 1 N–H and O–H groups in total. The van der Waals surface area contributed by atoms with E-state index in [1.807, 2.05) is 4.90 Å². The number of hydrogen-bond acceptors (Lipinski definition) is 2. The van der Waals surface area contributed by atoms with Gasteiger partial charge in [-0.25, -0.2) is 4.79 Å². The zero-order valence-corrected chi connectivity index (χ0v) is 13.2. The fraction of sp³-hybridized carbons (Fsp3) is 0.938. The van der Waals surface area contributed by atoms with Crippen LogP contribution in [-0.4, -0.2) is 55.1 Å². The second kappa shape index (κ2) is 7.87. The number of nitrogens with zero attached hydrogens (tertiary/aromatic N) is 2. The van der Waals surface area contributed by atoms with Gasteiger partial charge in [0.15, 0.2) is 0 Å². The lowest BCUT2D eigenvalue weighted by Crippen LogP contribution is -2.45. The monoisotopic (exact) mass is 281 g/mol. The van der Waals surface area contributed by atoms with Crippen LogP contribution in [0.15, 0.2) is 0 Å². The van der Waals surface area contributed by atoms with E-state index in [0.717, 1.165) is 44.4 Å². The van der Waals surface area contributed by atoms with Crippen molar-refractivity contribution >= 4 is 6.03 Å². The van der Waals surface area contributed by atoms with Crippen LogP contribution in [-0.2, 0) is 0 Å². The normalized spacial score (nSPS) is 23.6. The zero-order valence-electron chi connectivity index (χ0n) is 13.2. The maximum Gasteiger partial charge on any atom is 0.317 e. The molecule has 1 saturated heterocycles. The summed E-state index contributed by atoms with van der Waals surface area (Å²) < 4.78 is 0. The van der Waals surface area contributed by atoms with Crippen molar-refractivity contribution in [3.8, 4) is 0 Å². The third-order valence-corrected chi connectivity index (χ3v) is 4.40. The Morgan fingerprint density at radius 2 is 2.15 bits per heavy atom. The molecule has 2 fully saturated rings. The SMILES string of the molecule is CCCN(CC1CC1)C(=O)NCCN1CCCC(C)C1. The molecule has 0 spiro atoms. The van der Waals surface area contributed by atoms with E-state index in [2.05, 4.69) is 24.1 Å². The molecule has 2 amide bonds. The molecule has 1 unspecified atom stereocenters. The minimum atomic E-state index is 0.142. The van der Waals surface area contributed by atoms with E-state index in [1.54, 1.807) is 0 Å². The third-order valence-electron chi connectivity index (χ3n) is 4.40. The van der Waals surface area contributed by atoms with Crippen molar-refractivity contribution < 1.29 is 4.79 Å². The number of carbonyl (C=O) groups excluding carboxylic acids is 1. The molecule has 1 atom stereocenters. The Bertz CT molecular complexity index is 304. The molecule has 1 saturated carbocycles. The van der Waals surface area contributed by atoms with Gasteiger partial charge in [-0.1, -0.05) is 13.8 Å². The molecule has 0 aromatic heterocycles. The van der Waals surface area contributed by atoms with E-state index in [4.69, 9.17) is 0 Å². The zero-order chi connectivity index (χ0) is 14.4. The van der Waals surface area contributed by atoms with Gasteiger partial charge >= 0.3 is 6.03 Å². The fourth-order valence-electron chi connectivity index (χ4n) is 3.08. The van der Waals surface area contributed by atoms with Gasteiger partial charge in [-0.05, 0) is 50.5 Å². The molecule has 1 aliphatic heterocycles. The molecule has 4 heteroatoms. The fourth-order valence-corrected chi connectivity index (χ4v) is 3.08. The molecule has 0 aromatic carbocycles. The number of rotatable bonds is 7. The standard InChI is InChI=1S/C16H31N3O/c1-3-9-19(13-15-6-7-15)16(20)17-8-11-18-10-4-5-14(2)12-18/h14-15H,3-13H2,1-2H3,(H,17,20). The summed E-state index contributed by atoms with van der Waals surface area (Å²) >= 11 is 0. The number of nitrogens with one attached hydrogen (secondary N) is 1. The maximum absolute atomic E-state index is 12.2. The quantitative estimate of drug-likeness (QED) is 0.778. The first-order chi connectivity index (χ1) is 9.69. The number of urea groups is 1. The summed E-state index contributed by atoms with van der Waals surface area (Å²) in [6.45, 7) is 10.5. The Hall–Kier alpha value is -0.770. The average molecular weight is 281 g/mol. The lowest BCUT2D eigenvalue weighted by molar-refractivity contribution is 0.175. The van der Waals surface area contributed by atoms with Crippen molar-refractivity contribution in [1.29, 1.82) is 0 Å². The summed E-state index contributed by atoms with van der Waals surface area (Å²) in [6, 6.07) is 0.142. The Balaban J connectivity index is 1.64. The molecule has 0 aromatic rings. The number of carbonyl (C=O) groups is 1. The predicted octanol–water partition coefficient (Wildman–Crippen LogP) is 2.55. The Morgan fingerprint density at radius 3 is 2.80 bits per heavy atom. The van der Waals surface area contributed by atoms with E-state index < -0.39 is 0 Å². The van der Waals surface area contributed by atoms with Crippen molar-refractivity contribution in [3.63, 3.8) is 0 Å². The van der Waals surface area contributed by atoms with Crippen LogP contribution in [0.25, 0.3) is 0 Å². The Labute approximate surface area is 123 Å². The second-order valence-corrected chi connectivity index (χ2v) is 6.67. The number of likely N-dealkylation sites (tertiary alicyclic amines) is 1. The highest BCUT2D eigenvalue weighted by Crippen LogP contribution is 2.29. The summed E-state index contributed by atoms with van der Waals surface area (Å²) in [5, 5.41) is 3.11. The maximum atomic E-state index is 12.2. The summed E-state index contributed by atoms with van der Waals surface area (Å²) in [6.07, 6.45) is 6.31. The Morgan fingerprint density at radius 1 is 1.35 bits per heavy atom. The molecular formula is C16H31N3O. The summed E-state index contributed by atoms with van der Waals surface area (Å²) in [5.74, 6) is 1.58. The van der Waals surface area contributed by atoms with Gasteiger partial charge in [0.2, 0.25) is 0 Å². The molecule has 1 heterocycles. The lowest BCUT2D eigenvalue weighted by atomic mass is 10.0. The van der Waals surface area contributed by atoms with E-state index in [9.17, 15) is 4.79 Å². The van der Waals surface area contributed by atoms with Crippen LogP contribution in [0.4, 0.5) is 4.79 Å². The van der Waals surface area contributed by atoms with Crippen LogP contribution in [0, 0.1) is 11.8 Å². The van der Waals surface area contributed by atoms with Gasteiger partial charge < -0.3 is 15.1 Å². The molecule has 116 valence electrons. The van der Waals surface area contributed by atoms with Crippen LogP contribution >= 0.6 is 0 Å². The van der Waals surface area contributed by atoms with Crippen molar-refractivity contribution in [1.82, 2.24) is 15.1 Å². The highest BCUT2D eigenvalue weighted by molar-refractivity contribution is 5.74. The van der Waals surface area contributed by atoms with Crippen molar-refractivity contribution in [2.24, 2.45) is 11.8 Å². The van der Waals surface area contributed by atoms with E-state index in [-0.39, 0.29) is 6.03 Å². The van der Waals surface area contributed by atoms with Crippen LogP contribution < -0.4 is 5.32 Å². The number of piperidine rings is 1. The van der Waals surface area contributed by atoms with Crippen molar-refractivity contribution in [3.05, 3.63) is 0 Å². The second-order valence-electron chi connectivity index (χ2n) is 6.67. The van der Waals surface area contributed by atoms with Gasteiger partial charge in [0, 0.05) is 32.7 Å². The van der Waals surface area contributed by atoms with Crippen LogP contribution in [0.1, 0.15) is 46.0 Å².